The van der Waals surface area contributed by atoms with Crippen LogP contribution in [0.4, 0.5) is 0 Å². The van der Waals surface area contributed by atoms with Crippen molar-refractivity contribution in [1.82, 2.24) is 0 Å². The van der Waals surface area contributed by atoms with Gasteiger partial charge in [0, 0.05) is 7.11 Å². The van der Waals surface area contributed by atoms with Gasteiger partial charge in [-0.2, -0.15) is 0 Å². The lowest BCUT2D eigenvalue weighted by atomic mass is 9.61. The molecular formula is C37H62O10. The molecule has 0 aromatic heterocycles. The standard InChI is InChI=1S/C37H62O10/c1-11-35(7,32(42)47-33(2,3)4)22-36(8,29(38)39)23-37(9,31(41)45-18-17-44-16-15-43-10)21-34(5,6)30(40)46-28-20-24-19-27(28)26-14-12-13-25(24)26/h24-28H,11-23H2,1-10H3,(H,38,39). The van der Waals surface area contributed by atoms with Gasteiger partial charge in [0.25, 0.3) is 0 Å². The Bertz CT molecular complexity index is 1130. The number of aliphatic carboxylic acids is 1. The van der Waals surface area contributed by atoms with Crippen molar-refractivity contribution in [2.45, 2.75) is 132 Å². The molecule has 10 heteroatoms. The van der Waals surface area contributed by atoms with Gasteiger partial charge in [0.2, 0.25) is 0 Å². The Morgan fingerprint density at radius 2 is 1.32 bits per heavy atom. The van der Waals surface area contributed by atoms with Crippen LogP contribution in [0.15, 0.2) is 0 Å². The molecule has 47 heavy (non-hydrogen) atoms. The Kier molecular flexibility index (Phi) is 12.6. The van der Waals surface area contributed by atoms with Crippen molar-refractivity contribution in [1.29, 1.82) is 0 Å². The minimum atomic E-state index is -1.54. The third-order valence-electron chi connectivity index (χ3n) is 11.1. The number of carboxylic acids is 1. The Morgan fingerprint density at radius 3 is 1.91 bits per heavy atom. The van der Waals surface area contributed by atoms with E-state index in [1.54, 1.807) is 62.5 Å². The average Bonchev–Trinajstić information content (AvgIpc) is 3.68. The zero-order valence-corrected chi connectivity index (χ0v) is 30.7. The number of ether oxygens (including phenoxy) is 5. The first kappa shape index (κ1) is 39.2. The highest BCUT2D eigenvalue weighted by atomic mass is 16.6. The number of fused-ring (bicyclic) bond motifs is 5. The first-order valence-corrected chi connectivity index (χ1v) is 17.6. The monoisotopic (exact) mass is 666 g/mol. The number of carbonyl (C=O) groups excluding carboxylic acids is 3. The summed E-state index contributed by atoms with van der Waals surface area (Å²) in [5.74, 6) is -0.211. The topological polar surface area (TPSA) is 135 Å². The van der Waals surface area contributed by atoms with Crippen LogP contribution in [0.25, 0.3) is 0 Å². The van der Waals surface area contributed by atoms with Crippen molar-refractivity contribution in [2.75, 3.05) is 33.5 Å². The molecule has 8 atom stereocenters. The average molecular weight is 667 g/mol. The minimum absolute atomic E-state index is 0.00716. The third kappa shape index (κ3) is 9.49. The highest BCUT2D eigenvalue weighted by Crippen LogP contribution is 2.60. The maximum Gasteiger partial charge on any atom is 0.312 e. The van der Waals surface area contributed by atoms with Gasteiger partial charge in [-0.1, -0.05) is 13.3 Å². The third-order valence-corrected chi connectivity index (χ3v) is 11.1. The van der Waals surface area contributed by atoms with Crippen LogP contribution in [0.2, 0.25) is 0 Å². The van der Waals surface area contributed by atoms with Crippen LogP contribution in [0, 0.1) is 45.3 Å². The highest BCUT2D eigenvalue weighted by molar-refractivity contribution is 5.83. The Hall–Kier alpha value is -2.20. The summed E-state index contributed by atoms with van der Waals surface area (Å²) < 4.78 is 28.1. The molecule has 0 heterocycles. The normalized spacial score (nSPS) is 27.7. The van der Waals surface area contributed by atoms with E-state index in [9.17, 15) is 24.3 Å². The lowest BCUT2D eigenvalue weighted by Crippen LogP contribution is -2.47. The number of hydrogen-bond donors (Lipinski definition) is 1. The second-order valence-electron chi connectivity index (χ2n) is 17.1. The summed E-state index contributed by atoms with van der Waals surface area (Å²) in [7, 11) is 1.57. The summed E-state index contributed by atoms with van der Waals surface area (Å²) in [6.07, 6.45) is 5.76. The number of rotatable bonds is 18. The van der Waals surface area contributed by atoms with Crippen LogP contribution in [0.3, 0.4) is 0 Å². The van der Waals surface area contributed by atoms with Crippen LogP contribution in [-0.2, 0) is 42.9 Å². The molecule has 8 unspecified atom stereocenters. The van der Waals surface area contributed by atoms with E-state index in [1.807, 2.05) is 6.92 Å². The Morgan fingerprint density at radius 1 is 0.702 bits per heavy atom. The van der Waals surface area contributed by atoms with Gasteiger partial charge in [0.05, 0.1) is 41.5 Å². The van der Waals surface area contributed by atoms with E-state index in [4.69, 9.17) is 23.7 Å². The molecule has 0 saturated heterocycles. The molecule has 270 valence electrons. The molecule has 3 aliphatic rings. The largest absolute Gasteiger partial charge is 0.481 e. The summed E-state index contributed by atoms with van der Waals surface area (Å²) in [6, 6.07) is 0. The molecule has 0 spiro atoms. The van der Waals surface area contributed by atoms with Crippen LogP contribution in [0.5, 0.6) is 0 Å². The molecular weight excluding hydrogens is 604 g/mol. The molecule has 3 aliphatic carbocycles. The summed E-state index contributed by atoms with van der Waals surface area (Å²) in [5.41, 5.74) is -5.94. The fraction of sp³-hybridized carbons (Fsp3) is 0.892. The fourth-order valence-corrected chi connectivity index (χ4v) is 8.98. The van der Waals surface area contributed by atoms with Gasteiger partial charge in [0.1, 0.15) is 18.3 Å². The molecule has 3 saturated carbocycles. The fourth-order valence-electron chi connectivity index (χ4n) is 8.98. The molecule has 2 bridgehead atoms. The van der Waals surface area contributed by atoms with Crippen LogP contribution < -0.4 is 0 Å². The molecule has 3 rings (SSSR count). The van der Waals surface area contributed by atoms with Crippen LogP contribution >= 0.6 is 0 Å². The quantitative estimate of drug-likeness (QED) is 0.0967. The van der Waals surface area contributed by atoms with Crippen molar-refractivity contribution >= 4 is 23.9 Å². The maximum atomic E-state index is 13.9. The van der Waals surface area contributed by atoms with Gasteiger partial charge in [-0.3, -0.25) is 19.2 Å². The van der Waals surface area contributed by atoms with E-state index in [2.05, 4.69) is 0 Å². The SMILES string of the molecule is CCC(C)(CC(C)(CC(C)(CC(C)(C)C(=O)OC1CC2CC1C1CCCC21)C(=O)OCCOCCOC)C(=O)O)C(=O)OC(C)(C)C. The second kappa shape index (κ2) is 15.1. The smallest absolute Gasteiger partial charge is 0.312 e. The summed E-state index contributed by atoms with van der Waals surface area (Å²) in [4.78, 5) is 54.2. The van der Waals surface area contributed by atoms with E-state index in [0.717, 1.165) is 18.8 Å². The van der Waals surface area contributed by atoms with Crippen LogP contribution in [-0.4, -0.2) is 74.2 Å². The van der Waals surface area contributed by atoms with Gasteiger partial charge in [0.15, 0.2) is 0 Å². The first-order chi connectivity index (χ1) is 21.7. The van der Waals surface area contributed by atoms with E-state index in [0.29, 0.717) is 37.4 Å². The number of esters is 3. The van der Waals surface area contributed by atoms with E-state index < -0.39 is 45.2 Å². The van der Waals surface area contributed by atoms with E-state index in [-0.39, 0.29) is 44.5 Å². The van der Waals surface area contributed by atoms with Gasteiger partial charge < -0.3 is 28.8 Å². The number of carboxylic acid groups (broad SMARTS) is 1. The number of hydrogen-bond acceptors (Lipinski definition) is 9. The molecule has 0 radical (unpaired) electrons. The van der Waals surface area contributed by atoms with Gasteiger partial charge in [-0.25, -0.2) is 0 Å². The Balaban J connectivity index is 1.84. The van der Waals surface area contributed by atoms with E-state index >= 15 is 0 Å². The highest BCUT2D eigenvalue weighted by Gasteiger charge is 2.57. The zero-order chi connectivity index (χ0) is 35.4. The molecule has 1 N–H and O–H groups in total. The Labute approximate surface area is 282 Å². The van der Waals surface area contributed by atoms with Crippen molar-refractivity contribution in [3.63, 3.8) is 0 Å². The molecule has 10 nitrogen and oxygen atoms in total. The zero-order valence-electron chi connectivity index (χ0n) is 30.7. The van der Waals surface area contributed by atoms with Crippen molar-refractivity contribution in [2.24, 2.45) is 45.3 Å². The van der Waals surface area contributed by atoms with Crippen molar-refractivity contribution in [3.8, 4) is 0 Å². The number of methoxy groups -OCH3 is 1. The lowest BCUT2D eigenvalue weighted by Gasteiger charge is -2.42. The van der Waals surface area contributed by atoms with Crippen LogP contribution in [0.1, 0.15) is 120 Å². The molecule has 0 amide bonds. The van der Waals surface area contributed by atoms with Crippen molar-refractivity contribution < 1.29 is 48.0 Å². The summed E-state index contributed by atoms with van der Waals surface area (Å²) >= 11 is 0. The summed E-state index contributed by atoms with van der Waals surface area (Å²) in [5, 5.41) is 10.7. The molecule has 3 fully saturated rings. The predicted molar refractivity (Wildman–Crippen MR) is 176 cm³/mol. The molecule has 0 aliphatic heterocycles. The second-order valence-corrected chi connectivity index (χ2v) is 17.1. The van der Waals surface area contributed by atoms with Crippen molar-refractivity contribution in [3.05, 3.63) is 0 Å². The molecule has 0 aromatic rings. The van der Waals surface area contributed by atoms with E-state index in [1.165, 1.54) is 19.3 Å². The predicted octanol–water partition coefficient (Wildman–Crippen LogP) is 6.61. The minimum Gasteiger partial charge on any atom is -0.481 e. The summed E-state index contributed by atoms with van der Waals surface area (Å²) in [6.45, 7) is 16.4. The maximum absolute atomic E-state index is 13.9. The molecule has 0 aromatic carbocycles. The number of carbonyl (C=O) groups is 4. The van der Waals surface area contributed by atoms with Gasteiger partial charge in [-0.15, -0.1) is 0 Å². The first-order valence-electron chi connectivity index (χ1n) is 17.6. The lowest BCUT2D eigenvalue weighted by molar-refractivity contribution is -0.175. The van der Waals surface area contributed by atoms with Gasteiger partial charge in [-0.05, 0) is 130 Å². The van der Waals surface area contributed by atoms with Gasteiger partial charge >= 0.3 is 23.9 Å².